The van der Waals surface area contributed by atoms with Crippen LogP contribution in [0.4, 0.5) is 0 Å². The molecule has 1 N–H and O–H groups in total. The summed E-state index contributed by atoms with van der Waals surface area (Å²) in [5, 5.41) is 14.3. The van der Waals surface area contributed by atoms with Gasteiger partial charge < -0.3 is 14.6 Å². The molecule has 0 spiro atoms. The first-order valence-electron chi connectivity index (χ1n) is 9.97. The van der Waals surface area contributed by atoms with Gasteiger partial charge in [0.2, 0.25) is 0 Å². The van der Waals surface area contributed by atoms with Crippen LogP contribution in [-0.2, 0) is 23.4 Å². The first-order valence-corrected chi connectivity index (χ1v) is 10.9. The Balaban J connectivity index is 1.31. The molecule has 2 saturated heterocycles. The summed E-state index contributed by atoms with van der Waals surface area (Å²) in [6, 6.07) is 8.22. The number of aliphatic hydroxyl groups is 1. The Morgan fingerprint density at radius 2 is 1.75 bits per heavy atom. The summed E-state index contributed by atoms with van der Waals surface area (Å²) in [6.07, 6.45) is 1.45. The van der Waals surface area contributed by atoms with Gasteiger partial charge in [-0.3, -0.25) is 9.80 Å². The van der Waals surface area contributed by atoms with Crippen molar-refractivity contribution in [3.8, 4) is 5.75 Å². The molecule has 2 aliphatic heterocycles. The second kappa shape index (κ2) is 8.88. The molecule has 1 aromatic carbocycles. The molecule has 0 amide bonds. The third kappa shape index (κ3) is 4.72. The maximum Gasteiger partial charge on any atom is 0.118 e. The van der Waals surface area contributed by atoms with Crippen LogP contribution in [0.5, 0.6) is 5.75 Å². The Morgan fingerprint density at radius 3 is 2.43 bits per heavy atom. The fourth-order valence-corrected chi connectivity index (χ4v) is 4.80. The van der Waals surface area contributed by atoms with E-state index in [4.69, 9.17) is 14.5 Å². The zero-order valence-corrected chi connectivity index (χ0v) is 17.3. The van der Waals surface area contributed by atoms with E-state index in [1.54, 1.807) is 18.4 Å². The number of nitrogens with zero attached hydrogens (tertiary/aromatic N) is 3. The van der Waals surface area contributed by atoms with Crippen molar-refractivity contribution in [2.24, 2.45) is 0 Å². The number of hydrogen-bond acceptors (Lipinski definition) is 7. The number of thiazole rings is 1. The number of aromatic nitrogens is 1. The fourth-order valence-electron chi connectivity index (χ4n) is 3.87. The molecule has 2 aliphatic rings. The number of benzene rings is 1. The number of ether oxygens (including phenoxy) is 2. The summed E-state index contributed by atoms with van der Waals surface area (Å²) in [7, 11) is 1.69. The molecule has 2 fully saturated rings. The number of methoxy groups -OCH3 is 1. The molecule has 0 atom stereocenters. The molecular weight excluding hydrogens is 374 g/mol. The van der Waals surface area contributed by atoms with E-state index in [-0.39, 0.29) is 0 Å². The van der Waals surface area contributed by atoms with E-state index >= 15 is 0 Å². The van der Waals surface area contributed by atoms with E-state index in [1.807, 2.05) is 12.1 Å². The minimum absolute atomic E-state index is 0.726. The average molecular weight is 404 g/mol. The third-order valence-corrected chi connectivity index (χ3v) is 6.57. The van der Waals surface area contributed by atoms with Crippen LogP contribution in [0.1, 0.15) is 29.1 Å². The predicted molar refractivity (Wildman–Crippen MR) is 110 cm³/mol. The molecule has 28 heavy (non-hydrogen) atoms. The molecule has 0 saturated carbocycles. The van der Waals surface area contributed by atoms with Crippen molar-refractivity contribution in [2.75, 3.05) is 46.5 Å². The molecule has 4 rings (SSSR count). The highest BCUT2D eigenvalue weighted by Gasteiger charge is 2.36. The summed E-state index contributed by atoms with van der Waals surface area (Å²) in [5.74, 6) is 0.883. The van der Waals surface area contributed by atoms with Crippen molar-refractivity contribution in [3.05, 3.63) is 45.9 Å². The summed E-state index contributed by atoms with van der Waals surface area (Å²) < 4.78 is 10.6. The molecule has 7 heteroatoms. The van der Waals surface area contributed by atoms with Crippen molar-refractivity contribution in [2.45, 2.75) is 31.5 Å². The van der Waals surface area contributed by atoms with Gasteiger partial charge in [0.05, 0.1) is 32.6 Å². The Kier molecular flexibility index (Phi) is 6.28. The van der Waals surface area contributed by atoms with Gasteiger partial charge in [0, 0.05) is 38.1 Å². The Labute approximate surface area is 170 Å². The fraction of sp³-hybridized carbons (Fsp3) is 0.571. The molecule has 3 heterocycles. The van der Waals surface area contributed by atoms with Crippen LogP contribution in [0, 0.1) is 0 Å². The molecular formula is C21H29N3O3S. The third-order valence-electron chi connectivity index (χ3n) is 5.74. The van der Waals surface area contributed by atoms with Crippen molar-refractivity contribution in [1.29, 1.82) is 0 Å². The number of likely N-dealkylation sites (tertiary alicyclic amines) is 1. The van der Waals surface area contributed by atoms with Crippen LogP contribution in [0.2, 0.25) is 0 Å². The molecule has 0 aliphatic carbocycles. The molecule has 152 valence electrons. The monoisotopic (exact) mass is 403 g/mol. The van der Waals surface area contributed by atoms with Crippen molar-refractivity contribution in [1.82, 2.24) is 14.8 Å². The summed E-state index contributed by atoms with van der Waals surface area (Å²) in [4.78, 5) is 9.55. The van der Waals surface area contributed by atoms with Gasteiger partial charge >= 0.3 is 0 Å². The maximum atomic E-state index is 11.2. The van der Waals surface area contributed by atoms with Crippen LogP contribution in [0.3, 0.4) is 0 Å². The normalized spacial score (nSPS) is 20.9. The Morgan fingerprint density at radius 1 is 1.07 bits per heavy atom. The zero-order valence-electron chi connectivity index (χ0n) is 16.5. The van der Waals surface area contributed by atoms with Gasteiger partial charge in [-0.25, -0.2) is 4.98 Å². The van der Waals surface area contributed by atoms with Gasteiger partial charge in [0.1, 0.15) is 16.4 Å². The van der Waals surface area contributed by atoms with Crippen molar-refractivity contribution in [3.63, 3.8) is 0 Å². The van der Waals surface area contributed by atoms with E-state index in [0.717, 1.165) is 81.8 Å². The molecule has 2 aromatic rings. The van der Waals surface area contributed by atoms with Gasteiger partial charge in [0.15, 0.2) is 0 Å². The lowest BCUT2D eigenvalue weighted by Crippen LogP contribution is -2.42. The van der Waals surface area contributed by atoms with Crippen LogP contribution in [0.25, 0.3) is 0 Å². The lowest BCUT2D eigenvalue weighted by atomic mass is 9.88. The van der Waals surface area contributed by atoms with E-state index < -0.39 is 5.60 Å². The van der Waals surface area contributed by atoms with E-state index in [2.05, 4.69) is 27.3 Å². The highest BCUT2D eigenvalue weighted by Crippen LogP contribution is 2.34. The quantitative estimate of drug-likeness (QED) is 0.800. The average Bonchev–Trinajstić information content (AvgIpc) is 3.21. The molecule has 0 radical (unpaired) electrons. The lowest BCUT2D eigenvalue weighted by Gasteiger charge is -2.37. The highest BCUT2D eigenvalue weighted by molar-refractivity contribution is 7.09. The first kappa shape index (κ1) is 19.8. The van der Waals surface area contributed by atoms with Crippen LogP contribution < -0.4 is 4.74 Å². The van der Waals surface area contributed by atoms with E-state index in [9.17, 15) is 5.11 Å². The topological polar surface area (TPSA) is 58.1 Å². The van der Waals surface area contributed by atoms with Gasteiger partial charge in [-0.05, 0) is 30.5 Å². The van der Waals surface area contributed by atoms with Crippen LogP contribution >= 0.6 is 11.3 Å². The van der Waals surface area contributed by atoms with Gasteiger partial charge in [-0.1, -0.05) is 12.1 Å². The standard InChI is InChI=1S/C21H29N3O3S/c1-26-18-4-2-17(3-5-18)14-23-8-6-21(25,7-9-23)19-16-28-20(22-19)15-24-10-12-27-13-11-24/h2-5,16,25H,6-15H2,1H3. The lowest BCUT2D eigenvalue weighted by molar-refractivity contribution is -0.0308. The van der Waals surface area contributed by atoms with Crippen LogP contribution in [-0.4, -0.2) is 66.4 Å². The largest absolute Gasteiger partial charge is 0.497 e. The minimum Gasteiger partial charge on any atom is -0.497 e. The number of hydrogen-bond donors (Lipinski definition) is 1. The summed E-state index contributed by atoms with van der Waals surface area (Å²) in [6.45, 7) is 7.02. The number of morpholine rings is 1. The Bertz CT molecular complexity index is 751. The second-order valence-electron chi connectivity index (χ2n) is 7.67. The SMILES string of the molecule is COc1ccc(CN2CCC(O)(c3csc(CN4CCOCC4)n3)CC2)cc1. The maximum absolute atomic E-state index is 11.2. The predicted octanol–water partition coefficient (Wildman–Crippen LogP) is 2.47. The molecule has 0 unspecified atom stereocenters. The molecule has 0 bridgehead atoms. The van der Waals surface area contributed by atoms with Crippen molar-refractivity contribution < 1.29 is 14.6 Å². The summed E-state index contributed by atoms with van der Waals surface area (Å²) in [5.41, 5.74) is 1.33. The Hall–Kier alpha value is -1.51. The zero-order chi connectivity index (χ0) is 19.4. The van der Waals surface area contributed by atoms with Crippen molar-refractivity contribution >= 4 is 11.3 Å². The number of rotatable bonds is 6. The van der Waals surface area contributed by atoms with Crippen LogP contribution in [0.15, 0.2) is 29.6 Å². The highest BCUT2D eigenvalue weighted by atomic mass is 32.1. The minimum atomic E-state index is -0.795. The van der Waals surface area contributed by atoms with Gasteiger partial charge in [0.25, 0.3) is 0 Å². The molecule has 6 nitrogen and oxygen atoms in total. The van der Waals surface area contributed by atoms with Gasteiger partial charge in [-0.15, -0.1) is 11.3 Å². The second-order valence-corrected chi connectivity index (χ2v) is 8.61. The summed E-state index contributed by atoms with van der Waals surface area (Å²) >= 11 is 1.66. The number of piperidine rings is 1. The van der Waals surface area contributed by atoms with E-state index in [0.29, 0.717) is 0 Å². The van der Waals surface area contributed by atoms with Gasteiger partial charge in [-0.2, -0.15) is 0 Å². The molecule has 1 aromatic heterocycles. The first-order chi connectivity index (χ1) is 13.6. The van der Waals surface area contributed by atoms with E-state index in [1.165, 1.54) is 5.56 Å². The smallest absolute Gasteiger partial charge is 0.118 e.